The molecule has 1 atom stereocenters. The third kappa shape index (κ3) is 6.50. The van der Waals surface area contributed by atoms with Gasteiger partial charge in [-0.05, 0) is 24.6 Å². The molecule has 0 saturated heterocycles. The van der Waals surface area contributed by atoms with E-state index in [-0.39, 0.29) is 17.8 Å². The molecule has 9 nitrogen and oxygen atoms in total. The molecule has 0 fully saturated rings. The molecule has 0 aliphatic rings. The van der Waals surface area contributed by atoms with Crippen LogP contribution in [0.1, 0.15) is 19.1 Å². The van der Waals surface area contributed by atoms with Gasteiger partial charge in [-0.15, -0.1) is 0 Å². The van der Waals surface area contributed by atoms with Crippen LogP contribution < -0.4 is 9.62 Å². The molecule has 2 rings (SSSR count). The van der Waals surface area contributed by atoms with Crippen molar-refractivity contribution in [2.75, 3.05) is 22.9 Å². The summed E-state index contributed by atoms with van der Waals surface area (Å²) in [5, 5.41) is 13.8. The van der Waals surface area contributed by atoms with E-state index >= 15 is 0 Å². The average Bonchev–Trinajstić information content (AvgIpc) is 3.18. The van der Waals surface area contributed by atoms with E-state index in [9.17, 15) is 23.3 Å². The van der Waals surface area contributed by atoms with E-state index in [1.807, 2.05) is 6.07 Å². The second-order valence-electron chi connectivity index (χ2n) is 6.18. The fraction of sp³-hybridized carbons (Fsp3) is 0.389. The van der Waals surface area contributed by atoms with Gasteiger partial charge in [-0.2, -0.15) is 11.8 Å². The Labute approximate surface area is 173 Å². The second-order valence-corrected chi connectivity index (χ2v) is 9.15. The standard InChI is InChI=1S/C18H23N3O6S2/c1-3-17(18(22)19-9-11-28-13-16-8-5-10-27-16)20(29(2,25)26)14-6-4-7-15(12-14)21(23)24/h4-8,10,12,17H,3,9,11,13H2,1-2H3,(H,19,22)/t17-/m1/s1. The van der Waals surface area contributed by atoms with Gasteiger partial charge in [0.25, 0.3) is 5.69 Å². The molecule has 1 amide bonds. The molecule has 0 aliphatic carbocycles. The van der Waals surface area contributed by atoms with Gasteiger partial charge in [0.05, 0.1) is 28.9 Å². The lowest BCUT2D eigenvalue weighted by atomic mass is 10.2. The molecule has 0 spiro atoms. The Hall–Kier alpha value is -2.53. The Morgan fingerprint density at radius 1 is 1.34 bits per heavy atom. The molecule has 0 unspecified atom stereocenters. The fourth-order valence-electron chi connectivity index (χ4n) is 2.74. The first kappa shape index (κ1) is 22.8. The number of sulfonamides is 1. The van der Waals surface area contributed by atoms with Crippen molar-refractivity contribution in [1.29, 1.82) is 0 Å². The maximum Gasteiger partial charge on any atom is 0.271 e. The maximum atomic E-state index is 12.7. The van der Waals surface area contributed by atoms with Crippen LogP contribution in [0.2, 0.25) is 0 Å². The number of nitro groups is 1. The molecule has 0 aliphatic heterocycles. The Balaban J connectivity index is 2.06. The van der Waals surface area contributed by atoms with Crippen LogP contribution in [-0.4, -0.2) is 43.8 Å². The second kappa shape index (κ2) is 10.3. The predicted molar refractivity (Wildman–Crippen MR) is 112 cm³/mol. The van der Waals surface area contributed by atoms with Crippen molar-refractivity contribution >= 4 is 39.1 Å². The third-order valence-corrected chi connectivity index (χ3v) is 6.16. The lowest BCUT2D eigenvalue weighted by Crippen LogP contribution is -2.49. The third-order valence-electron chi connectivity index (χ3n) is 3.99. The molecule has 158 valence electrons. The summed E-state index contributed by atoms with van der Waals surface area (Å²) >= 11 is 1.57. The van der Waals surface area contributed by atoms with E-state index in [0.717, 1.165) is 22.4 Å². The number of thioether (sulfide) groups is 1. The highest BCUT2D eigenvalue weighted by Gasteiger charge is 2.32. The highest BCUT2D eigenvalue weighted by atomic mass is 32.2. The van der Waals surface area contributed by atoms with Gasteiger partial charge in [-0.1, -0.05) is 13.0 Å². The number of amides is 1. The molecule has 11 heteroatoms. The molecular weight excluding hydrogens is 418 g/mol. The summed E-state index contributed by atoms with van der Waals surface area (Å²) in [6.07, 6.45) is 2.78. The Kier molecular flexibility index (Phi) is 8.09. The number of nitrogens with one attached hydrogen (secondary N) is 1. The highest BCUT2D eigenvalue weighted by Crippen LogP contribution is 2.26. The maximum absolute atomic E-state index is 12.7. The molecule has 2 aromatic rings. The molecule has 0 saturated carbocycles. The number of carbonyl (C=O) groups excluding carboxylic acids is 1. The zero-order valence-electron chi connectivity index (χ0n) is 16.1. The smallest absolute Gasteiger partial charge is 0.271 e. The largest absolute Gasteiger partial charge is 0.468 e. The van der Waals surface area contributed by atoms with Gasteiger partial charge in [0, 0.05) is 24.4 Å². The summed E-state index contributed by atoms with van der Waals surface area (Å²) in [5.41, 5.74) is -0.170. The number of nitrogens with zero attached hydrogens (tertiary/aromatic N) is 2. The van der Waals surface area contributed by atoms with E-state index in [4.69, 9.17) is 4.42 Å². The Morgan fingerprint density at radius 2 is 2.10 bits per heavy atom. The average molecular weight is 442 g/mol. The zero-order chi connectivity index (χ0) is 21.4. The van der Waals surface area contributed by atoms with Gasteiger partial charge in [-0.25, -0.2) is 8.42 Å². The first-order valence-corrected chi connectivity index (χ1v) is 11.9. The van der Waals surface area contributed by atoms with Crippen LogP contribution >= 0.6 is 11.8 Å². The number of non-ortho nitro benzene ring substituents is 1. The van der Waals surface area contributed by atoms with Crippen molar-refractivity contribution < 1.29 is 22.6 Å². The number of furan rings is 1. The molecule has 1 aromatic heterocycles. The Bertz CT molecular complexity index is 931. The van der Waals surface area contributed by atoms with Crippen LogP contribution in [0.3, 0.4) is 0 Å². The summed E-state index contributed by atoms with van der Waals surface area (Å²) in [7, 11) is -3.85. The number of nitro benzene ring substituents is 1. The van der Waals surface area contributed by atoms with Crippen LogP contribution in [0.4, 0.5) is 11.4 Å². The van der Waals surface area contributed by atoms with Crippen molar-refractivity contribution in [2.45, 2.75) is 25.1 Å². The number of rotatable bonds is 11. The van der Waals surface area contributed by atoms with Crippen LogP contribution in [0.25, 0.3) is 0 Å². The highest BCUT2D eigenvalue weighted by molar-refractivity contribution is 7.98. The van der Waals surface area contributed by atoms with Gasteiger partial charge < -0.3 is 9.73 Å². The van der Waals surface area contributed by atoms with Crippen molar-refractivity contribution in [3.63, 3.8) is 0 Å². The van der Waals surface area contributed by atoms with Crippen molar-refractivity contribution in [3.05, 3.63) is 58.5 Å². The minimum absolute atomic E-state index is 0.0795. The predicted octanol–water partition coefficient (Wildman–Crippen LogP) is 2.78. The van der Waals surface area contributed by atoms with Crippen molar-refractivity contribution in [3.8, 4) is 0 Å². The minimum Gasteiger partial charge on any atom is -0.468 e. The number of anilines is 1. The summed E-state index contributed by atoms with van der Waals surface area (Å²) in [4.78, 5) is 23.1. The molecule has 1 aromatic carbocycles. The minimum atomic E-state index is -3.85. The van der Waals surface area contributed by atoms with Gasteiger partial charge in [0.15, 0.2) is 0 Å². The molecule has 0 bridgehead atoms. The SMILES string of the molecule is CC[C@H](C(=O)NCCSCc1ccco1)N(c1cccc([N+](=O)[O-])c1)S(C)(=O)=O. The number of hydrogen-bond acceptors (Lipinski definition) is 7. The molecule has 1 heterocycles. The summed E-state index contributed by atoms with van der Waals surface area (Å²) in [6.45, 7) is 2.04. The first-order valence-electron chi connectivity index (χ1n) is 8.85. The van der Waals surface area contributed by atoms with E-state index < -0.39 is 26.9 Å². The molecule has 29 heavy (non-hydrogen) atoms. The topological polar surface area (TPSA) is 123 Å². The van der Waals surface area contributed by atoms with Crippen LogP contribution in [-0.2, 0) is 20.6 Å². The lowest BCUT2D eigenvalue weighted by Gasteiger charge is -2.30. The Morgan fingerprint density at radius 3 is 2.69 bits per heavy atom. The van der Waals surface area contributed by atoms with Crippen LogP contribution in [0.15, 0.2) is 47.1 Å². The van der Waals surface area contributed by atoms with Gasteiger partial charge >= 0.3 is 0 Å². The molecule has 1 N–H and O–H groups in total. The van der Waals surface area contributed by atoms with Crippen molar-refractivity contribution in [2.24, 2.45) is 0 Å². The normalized spacial score (nSPS) is 12.3. The number of hydrogen-bond donors (Lipinski definition) is 1. The summed E-state index contributed by atoms with van der Waals surface area (Å²) in [5.74, 6) is 1.67. The van der Waals surface area contributed by atoms with Gasteiger partial charge in [0.2, 0.25) is 15.9 Å². The monoisotopic (exact) mass is 441 g/mol. The zero-order valence-corrected chi connectivity index (χ0v) is 17.7. The number of benzene rings is 1. The van der Waals surface area contributed by atoms with E-state index in [0.29, 0.717) is 18.1 Å². The quantitative estimate of drug-likeness (QED) is 0.323. The number of carbonyl (C=O) groups is 1. The summed E-state index contributed by atoms with van der Waals surface area (Å²) in [6, 6.07) is 7.89. The fourth-order valence-corrected chi connectivity index (χ4v) is 4.70. The van der Waals surface area contributed by atoms with Crippen LogP contribution in [0.5, 0.6) is 0 Å². The first-order chi connectivity index (χ1) is 13.7. The van der Waals surface area contributed by atoms with E-state index in [1.165, 1.54) is 18.2 Å². The molecule has 0 radical (unpaired) electrons. The van der Waals surface area contributed by atoms with E-state index in [1.54, 1.807) is 31.0 Å². The van der Waals surface area contributed by atoms with Crippen LogP contribution in [0, 0.1) is 10.1 Å². The lowest BCUT2D eigenvalue weighted by molar-refractivity contribution is -0.384. The summed E-state index contributed by atoms with van der Waals surface area (Å²) < 4.78 is 30.9. The van der Waals surface area contributed by atoms with E-state index in [2.05, 4.69) is 5.32 Å². The van der Waals surface area contributed by atoms with Crippen molar-refractivity contribution in [1.82, 2.24) is 5.32 Å². The molecular formula is C18H23N3O6S2. The van der Waals surface area contributed by atoms with Gasteiger partial charge in [0.1, 0.15) is 11.8 Å². The van der Waals surface area contributed by atoms with Gasteiger partial charge in [-0.3, -0.25) is 19.2 Å².